The highest BCUT2D eigenvalue weighted by molar-refractivity contribution is 8.15. The summed E-state index contributed by atoms with van der Waals surface area (Å²) in [6, 6.07) is 15.9. The molecule has 2 heterocycles. The number of nitrogens with zero attached hydrogens (tertiary/aromatic N) is 4. The number of fused-ring (bicyclic) bond motifs is 2. The van der Waals surface area contributed by atoms with E-state index in [9.17, 15) is 14.6 Å². The van der Waals surface area contributed by atoms with Crippen LogP contribution in [-0.2, 0) is 16.2 Å². The van der Waals surface area contributed by atoms with Gasteiger partial charge in [0.1, 0.15) is 22.4 Å². The summed E-state index contributed by atoms with van der Waals surface area (Å²) in [6.45, 7) is -1.02. The molecule has 1 aliphatic rings. The second-order valence-corrected chi connectivity index (χ2v) is 9.62. The maximum absolute atomic E-state index is 11.6. The highest BCUT2D eigenvalue weighted by Gasteiger charge is 2.28. The molecule has 0 amide bonds. The lowest BCUT2D eigenvalue weighted by Gasteiger charge is -2.12. The molecule has 0 aliphatic carbocycles. The number of aromatic nitrogens is 1. The van der Waals surface area contributed by atoms with Crippen LogP contribution in [0.15, 0.2) is 69.8 Å². The lowest BCUT2D eigenvalue weighted by Crippen LogP contribution is -2.26. The number of thiazole rings is 1. The SMILES string of the molecule is NOC(=O)[C@H]1CSC(c2nc3ccc(OCc4ccc(B(N=O)N=O)c5ccccc45)cc3s2)=N1. The number of nitrogens with two attached hydrogens (primary N) is 1. The van der Waals surface area contributed by atoms with Crippen LogP contribution >= 0.6 is 23.1 Å². The fourth-order valence-electron chi connectivity index (χ4n) is 3.81. The number of benzene rings is 3. The molecule has 1 aromatic heterocycles. The van der Waals surface area contributed by atoms with Crippen molar-refractivity contribution in [2.24, 2.45) is 21.1 Å². The van der Waals surface area contributed by atoms with Crippen molar-refractivity contribution in [3.05, 3.63) is 75.0 Å². The van der Waals surface area contributed by atoms with E-state index in [1.165, 1.54) is 23.1 Å². The van der Waals surface area contributed by atoms with Gasteiger partial charge in [-0.3, -0.25) is 4.99 Å². The standard InChI is InChI=1S/C22H16BN5O5S2/c24-33-22(29)18-11-34-20(26-18)21-25-17-8-6-13(9-19(17)35-21)32-10-12-5-7-16(23(27-30)28-31)15-4-2-1-3-14(12)15/h1-9,18H,10-11,24H2/t18-/m1/s1. The summed E-state index contributed by atoms with van der Waals surface area (Å²) in [5, 5.41) is 8.63. The zero-order valence-electron chi connectivity index (χ0n) is 18.0. The van der Waals surface area contributed by atoms with Crippen LogP contribution in [-0.4, -0.2) is 34.8 Å². The Morgan fingerprint density at radius 2 is 1.91 bits per heavy atom. The minimum absolute atomic E-state index is 0.275. The molecule has 0 bridgehead atoms. The second kappa shape index (κ2) is 9.90. The Kier molecular flexibility index (Phi) is 6.53. The number of carbonyl (C=O) groups excluding carboxylic acids is 1. The summed E-state index contributed by atoms with van der Waals surface area (Å²) in [7, 11) is 0. The minimum atomic E-state index is -1.29. The quantitative estimate of drug-likeness (QED) is 0.217. The van der Waals surface area contributed by atoms with Gasteiger partial charge in [-0.05, 0) is 40.0 Å². The van der Waals surface area contributed by atoms with Gasteiger partial charge in [0, 0.05) is 5.75 Å². The highest BCUT2D eigenvalue weighted by Crippen LogP contribution is 2.32. The molecule has 3 aromatic carbocycles. The molecule has 0 fully saturated rings. The van der Waals surface area contributed by atoms with Gasteiger partial charge < -0.3 is 9.57 Å². The first-order valence-corrected chi connectivity index (χ1v) is 12.2. The summed E-state index contributed by atoms with van der Waals surface area (Å²) >= 11 is 2.90. The first-order chi connectivity index (χ1) is 17.1. The maximum atomic E-state index is 11.6. The summed E-state index contributed by atoms with van der Waals surface area (Å²) in [4.78, 5) is 46.9. The van der Waals surface area contributed by atoms with Crippen molar-refractivity contribution in [1.82, 2.24) is 4.98 Å². The number of thioether (sulfide) groups is 1. The molecular formula is C22H16BN5O5S2. The number of carbonyl (C=O) groups is 1. The third kappa shape index (κ3) is 4.53. The van der Waals surface area contributed by atoms with E-state index in [1.54, 1.807) is 6.07 Å². The first-order valence-electron chi connectivity index (χ1n) is 10.4. The molecule has 0 saturated heterocycles. The van der Waals surface area contributed by atoms with Crippen molar-refractivity contribution in [1.29, 1.82) is 0 Å². The van der Waals surface area contributed by atoms with Gasteiger partial charge in [0.05, 0.1) is 10.2 Å². The molecule has 4 aromatic rings. The maximum Gasteiger partial charge on any atom is 0.549 e. The molecule has 10 nitrogen and oxygen atoms in total. The largest absolute Gasteiger partial charge is 0.549 e. The number of nitroso groups, excluding NO2 is 2. The molecule has 35 heavy (non-hydrogen) atoms. The van der Waals surface area contributed by atoms with Gasteiger partial charge in [0.2, 0.25) is 0 Å². The summed E-state index contributed by atoms with van der Waals surface area (Å²) in [6.07, 6.45) is 0. The molecule has 0 radical (unpaired) electrons. The van der Waals surface area contributed by atoms with Gasteiger partial charge in [0.25, 0.3) is 0 Å². The molecule has 2 N–H and O–H groups in total. The monoisotopic (exact) mass is 505 g/mol. The van der Waals surface area contributed by atoms with Gasteiger partial charge in [-0.15, -0.1) is 23.1 Å². The van der Waals surface area contributed by atoms with Crippen LogP contribution < -0.4 is 16.1 Å². The Morgan fingerprint density at radius 1 is 1.11 bits per heavy atom. The van der Waals surface area contributed by atoms with Gasteiger partial charge in [-0.25, -0.2) is 9.78 Å². The summed E-state index contributed by atoms with van der Waals surface area (Å²) < 4.78 is 6.98. The van der Waals surface area contributed by atoms with Gasteiger partial charge >= 0.3 is 13.0 Å². The fraction of sp³-hybridized carbons (Fsp3) is 0.136. The van der Waals surface area contributed by atoms with Crippen LogP contribution in [0.2, 0.25) is 0 Å². The molecule has 0 saturated carbocycles. The van der Waals surface area contributed by atoms with E-state index in [4.69, 9.17) is 10.6 Å². The van der Waals surface area contributed by atoms with Crippen LogP contribution in [0, 0.1) is 9.81 Å². The van der Waals surface area contributed by atoms with Crippen molar-refractivity contribution in [2.45, 2.75) is 12.6 Å². The molecule has 13 heteroatoms. The summed E-state index contributed by atoms with van der Waals surface area (Å²) in [5.74, 6) is 5.52. The summed E-state index contributed by atoms with van der Waals surface area (Å²) in [5.41, 5.74) is 2.15. The van der Waals surface area contributed by atoms with E-state index < -0.39 is 19.0 Å². The van der Waals surface area contributed by atoms with Crippen molar-refractivity contribution in [3.63, 3.8) is 0 Å². The highest BCUT2D eigenvalue weighted by atomic mass is 32.2. The van der Waals surface area contributed by atoms with E-state index >= 15 is 0 Å². The molecule has 1 atom stereocenters. The van der Waals surface area contributed by atoms with E-state index in [0.29, 0.717) is 22.0 Å². The Balaban J connectivity index is 1.37. The smallest absolute Gasteiger partial charge is 0.489 e. The van der Waals surface area contributed by atoms with E-state index in [0.717, 1.165) is 31.6 Å². The van der Waals surface area contributed by atoms with Gasteiger partial charge in [-0.2, -0.15) is 15.7 Å². The second-order valence-electron chi connectivity index (χ2n) is 7.58. The van der Waals surface area contributed by atoms with Crippen LogP contribution in [0.1, 0.15) is 10.6 Å². The van der Waals surface area contributed by atoms with Crippen molar-refractivity contribution >= 4 is 67.5 Å². The minimum Gasteiger partial charge on any atom is -0.489 e. The number of hydrogen-bond acceptors (Lipinski definition) is 12. The Hall–Kier alpha value is -3.68. The zero-order valence-corrected chi connectivity index (χ0v) is 19.6. The number of rotatable bonds is 8. The average molecular weight is 505 g/mol. The molecule has 0 spiro atoms. The third-order valence-corrected chi connectivity index (χ3v) is 7.71. The van der Waals surface area contributed by atoms with E-state index in [1.807, 2.05) is 48.5 Å². The molecule has 174 valence electrons. The van der Waals surface area contributed by atoms with Crippen molar-refractivity contribution in [3.8, 4) is 5.75 Å². The van der Waals surface area contributed by atoms with Gasteiger partial charge in [0.15, 0.2) is 6.04 Å². The average Bonchev–Trinajstić information content (AvgIpc) is 3.55. The van der Waals surface area contributed by atoms with Crippen LogP contribution in [0.3, 0.4) is 0 Å². The fourth-order valence-corrected chi connectivity index (χ4v) is 5.89. The predicted octanol–water partition coefficient (Wildman–Crippen LogP) is 3.54. The molecular weight excluding hydrogens is 489 g/mol. The predicted molar refractivity (Wildman–Crippen MR) is 138 cm³/mol. The van der Waals surface area contributed by atoms with E-state index in [-0.39, 0.29) is 6.61 Å². The molecule has 0 unspecified atom stereocenters. The van der Waals surface area contributed by atoms with Crippen molar-refractivity contribution in [2.75, 3.05) is 5.75 Å². The third-order valence-electron chi connectivity index (χ3n) is 5.50. The first kappa shape index (κ1) is 23.1. The van der Waals surface area contributed by atoms with Gasteiger partial charge in [-0.1, -0.05) is 46.6 Å². The lowest BCUT2D eigenvalue weighted by molar-refractivity contribution is -0.144. The number of ether oxygens (including phenoxy) is 1. The van der Waals surface area contributed by atoms with Crippen molar-refractivity contribution < 1.29 is 14.4 Å². The van der Waals surface area contributed by atoms with Crippen LogP contribution in [0.4, 0.5) is 0 Å². The molecule has 5 rings (SSSR count). The Labute approximate surface area is 206 Å². The zero-order chi connectivity index (χ0) is 24.4. The van der Waals surface area contributed by atoms with Crippen LogP contribution in [0.5, 0.6) is 5.75 Å². The normalized spacial score (nSPS) is 15.1. The lowest BCUT2D eigenvalue weighted by atomic mass is 9.68. The Morgan fingerprint density at radius 3 is 2.69 bits per heavy atom. The number of hydrogen-bond donors (Lipinski definition) is 1. The van der Waals surface area contributed by atoms with E-state index in [2.05, 4.69) is 25.0 Å². The Bertz CT molecular complexity index is 1490. The number of aliphatic imine (C=N–C) groups is 1. The topological polar surface area (TPSA) is 146 Å². The van der Waals surface area contributed by atoms with Crippen LogP contribution in [0.25, 0.3) is 21.0 Å². The molecule has 1 aliphatic heterocycles.